The normalized spacial score (nSPS) is 17.3. The topological polar surface area (TPSA) is 25.4 Å². The SMILES string of the molecule is CCC(c1nc(CCl)cs1)N(CCOC)C1CC1. The Morgan fingerprint density at radius 3 is 2.89 bits per heavy atom. The fourth-order valence-electron chi connectivity index (χ4n) is 2.28. The lowest BCUT2D eigenvalue weighted by atomic mass is 10.2. The van der Waals surface area contributed by atoms with Gasteiger partial charge in [-0.05, 0) is 19.3 Å². The van der Waals surface area contributed by atoms with E-state index in [-0.39, 0.29) is 0 Å². The van der Waals surface area contributed by atoms with Gasteiger partial charge in [0.05, 0.1) is 24.2 Å². The molecule has 1 aromatic rings. The third-order valence-electron chi connectivity index (χ3n) is 3.35. The number of methoxy groups -OCH3 is 1. The van der Waals surface area contributed by atoms with E-state index >= 15 is 0 Å². The summed E-state index contributed by atoms with van der Waals surface area (Å²) in [4.78, 5) is 7.20. The molecule has 3 nitrogen and oxygen atoms in total. The van der Waals surface area contributed by atoms with Crippen LogP contribution >= 0.6 is 22.9 Å². The monoisotopic (exact) mass is 288 g/mol. The van der Waals surface area contributed by atoms with Crippen molar-refractivity contribution in [1.29, 1.82) is 0 Å². The summed E-state index contributed by atoms with van der Waals surface area (Å²) in [7, 11) is 1.76. The van der Waals surface area contributed by atoms with Crippen molar-refractivity contribution in [3.8, 4) is 0 Å². The van der Waals surface area contributed by atoms with Crippen molar-refractivity contribution in [2.75, 3.05) is 20.3 Å². The molecule has 102 valence electrons. The van der Waals surface area contributed by atoms with Gasteiger partial charge in [-0.2, -0.15) is 0 Å². The first kappa shape index (κ1) is 14.3. The first-order chi connectivity index (χ1) is 8.80. The predicted octanol–water partition coefficient (Wildman–Crippen LogP) is 3.44. The van der Waals surface area contributed by atoms with Gasteiger partial charge in [0.1, 0.15) is 5.01 Å². The summed E-state index contributed by atoms with van der Waals surface area (Å²) < 4.78 is 5.23. The number of nitrogens with zero attached hydrogens (tertiary/aromatic N) is 2. The lowest BCUT2D eigenvalue weighted by Crippen LogP contribution is -2.33. The molecule has 5 heteroatoms. The molecule has 0 saturated heterocycles. The molecular weight excluding hydrogens is 268 g/mol. The van der Waals surface area contributed by atoms with E-state index in [1.54, 1.807) is 18.4 Å². The molecule has 1 atom stereocenters. The molecule has 0 spiro atoms. The Balaban J connectivity index is 2.08. The number of aromatic nitrogens is 1. The van der Waals surface area contributed by atoms with E-state index in [1.807, 2.05) is 0 Å². The highest BCUT2D eigenvalue weighted by Gasteiger charge is 2.34. The van der Waals surface area contributed by atoms with Crippen LogP contribution in [0.4, 0.5) is 0 Å². The number of alkyl halides is 1. The second-order valence-electron chi connectivity index (χ2n) is 4.70. The van der Waals surface area contributed by atoms with Crippen LogP contribution < -0.4 is 0 Å². The molecule has 0 amide bonds. The molecule has 1 heterocycles. The van der Waals surface area contributed by atoms with Crippen LogP contribution in [0.5, 0.6) is 0 Å². The summed E-state index contributed by atoms with van der Waals surface area (Å²) >= 11 is 7.57. The van der Waals surface area contributed by atoms with Crippen LogP contribution in [0.3, 0.4) is 0 Å². The van der Waals surface area contributed by atoms with Crippen molar-refractivity contribution in [1.82, 2.24) is 9.88 Å². The Hall–Kier alpha value is -0.160. The van der Waals surface area contributed by atoms with E-state index in [9.17, 15) is 0 Å². The molecule has 18 heavy (non-hydrogen) atoms. The Kier molecular flexibility index (Phi) is 5.42. The van der Waals surface area contributed by atoms with Crippen molar-refractivity contribution in [3.05, 3.63) is 16.1 Å². The van der Waals surface area contributed by atoms with E-state index in [1.165, 1.54) is 17.8 Å². The molecule has 2 rings (SSSR count). The highest BCUT2D eigenvalue weighted by atomic mass is 35.5. The van der Waals surface area contributed by atoms with Crippen molar-refractivity contribution in [2.24, 2.45) is 0 Å². The molecule has 0 radical (unpaired) electrons. The van der Waals surface area contributed by atoms with Crippen LogP contribution in [0.15, 0.2) is 5.38 Å². The molecule has 1 aromatic heterocycles. The van der Waals surface area contributed by atoms with Crippen molar-refractivity contribution in [3.63, 3.8) is 0 Å². The Morgan fingerprint density at radius 2 is 2.39 bits per heavy atom. The molecule has 0 aromatic carbocycles. The van der Waals surface area contributed by atoms with E-state index in [0.717, 1.165) is 31.3 Å². The summed E-state index contributed by atoms with van der Waals surface area (Å²) in [5.41, 5.74) is 0.998. The average molecular weight is 289 g/mol. The van der Waals surface area contributed by atoms with Crippen LogP contribution in [0.2, 0.25) is 0 Å². The highest BCUT2D eigenvalue weighted by Crippen LogP contribution is 2.36. The van der Waals surface area contributed by atoms with Gasteiger partial charge in [0.2, 0.25) is 0 Å². The largest absolute Gasteiger partial charge is 0.383 e. The van der Waals surface area contributed by atoms with Gasteiger partial charge < -0.3 is 4.74 Å². The van der Waals surface area contributed by atoms with E-state index in [0.29, 0.717) is 11.9 Å². The second-order valence-corrected chi connectivity index (χ2v) is 5.85. The maximum absolute atomic E-state index is 5.84. The summed E-state index contributed by atoms with van der Waals surface area (Å²) in [5, 5.41) is 3.28. The number of thiazole rings is 1. The van der Waals surface area contributed by atoms with Gasteiger partial charge in [-0.15, -0.1) is 22.9 Å². The summed E-state index contributed by atoms with van der Waals surface area (Å²) in [5.74, 6) is 0.508. The molecule has 1 aliphatic rings. The van der Waals surface area contributed by atoms with Crippen LogP contribution in [-0.4, -0.2) is 36.2 Å². The maximum Gasteiger partial charge on any atom is 0.110 e. The lowest BCUT2D eigenvalue weighted by molar-refractivity contribution is 0.111. The van der Waals surface area contributed by atoms with Gasteiger partial charge in [0.25, 0.3) is 0 Å². The highest BCUT2D eigenvalue weighted by molar-refractivity contribution is 7.09. The Labute approximate surface area is 118 Å². The standard InChI is InChI=1S/C13H21ClN2OS/c1-3-12(13-15-10(8-14)9-18-13)16(6-7-17-2)11-4-5-11/h9,11-12H,3-8H2,1-2H3. The molecule has 0 N–H and O–H groups in total. The van der Waals surface area contributed by atoms with Gasteiger partial charge >= 0.3 is 0 Å². The number of hydrogen-bond donors (Lipinski definition) is 0. The first-order valence-corrected chi connectivity index (χ1v) is 7.96. The quantitative estimate of drug-likeness (QED) is 0.685. The zero-order chi connectivity index (χ0) is 13.0. The third kappa shape index (κ3) is 3.44. The molecule has 1 fully saturated rings. The summed E-state index contributed by atoms with van der Waals surface area (Å²) in [6, 6.07) is 1.16. The number of rotatable bonds is 8. The van der Waals surface area contributed by atoms with E-state index in [2.05, 4.69) is 22.2 Å². The zero-order valence-electron chi connectivity index (χ0n) is 11.1. The fraction of sp³-hybridized carbons (Fsp3) is 0.769. The van der Waals surface area contributed by atoms with E-state index in [4.69, 9.17) is 16.3 Å². The summed E-state index contributed by atoms with van der Waals surface area (Å²) in [6.45, 7) is 4.02. The molecule has 0 aliphatic heterocycles. The van der Waals surface area contributed by atoms with Crippen LogP contribution in [0, 0.1) is 0 Å². The Morgan fingerprint density at radius 1 is 1.61 bits per heavy atom. The average Bonchev–Trinajstić information content (AvgIpc) is 3.12. The first-order valence-electron chi connectivity index (χ1n) is 6.55. The molecule has 1 unspecified atom stereocenters. The lowest BCUT2D eigenvalue weighted by Gasteiger charge is -2.29. The predicted molar refractivity (Wildman–Crippen MR) is 76.3 cm³/mol. The Bertz CT molecular complexity index is 368. The van der Waals surface area contributed by atoms with Crippen LogP contribution in [0.1, 0.15) is 42.9 Å². The fourth-order valence-corrected chi connectivity index (χ4v) is 3.53. The van der Waals surface area contributed by atoms with Crippen molar-refractivity contribution in [2.45, 2.75) is 44.1 Å². The number of halogens is 1. The minimum atomic E-state index is 0.426. The zero-order valence-corrected chi connectivity index (χ0v) is 12.6. The van der Waals surface area contributed by atoms with Crippen molar-refractivity contribution >= 4 is 22.9 Å². The number of ether oxygens (including phenoxy) is 1. The maximum atomic E-state index is 5.84. The molecule has 0 bridgehead atoms. The van der Waals surface area contributed by atoms with Crippen LogP contribution in [-0.2, 0) is 10.6 Å². The molecule has 1 saturated carbocycles. The number of hydrogen-bond acceptors (Lipinski definition) is 4. The van der Waals surface area contributed by atoms with Gasteiger partial charge in [0, 0.05) is 25.1 Å². The van der Waals surface area contributed by atoms with Gasteiger partial charge in [-0.1, -0.05) is 6.92 Å². The molecule has 1 aliphatic carbocycles. The van der Waals surface area contributed by atoms with Gasteiger partial charge in [-0.25, -0.2) is 4.98 Å². The smallest absolute Gasteiger partial charge is 0.110 e. The van der Waals surface area contributed by atoms with Gasteiger partial charge in [-0.3, -0.25) is 4.90 Å². The summed E-state index contributed by atoms with van der Waals surface area (Å²) in [6.07, 6.45) is 3.72. The second kappa shape index (κ2) is 6.85. The van der Waals surface area contributed by atoms with Gasteiger partial charge in [0.15, 0.2) is 0 Å². The van der Waals surface area contributed by atoms with Crippen molar-refractivity contribution < 1.29 is 4.74 Å². The van der Waals surface area contributed by atoms with E-state index < -0.39 is 0 Å². The minimum Gasteiger partial charge on any atom is -0.383 e. The van der Waals surface area contributed by atoms with Crippen LogP contribution in [0.25, 0.3) is 0 Å². The third-order valence-corrected chi connectivity index (χ3v) is 4.62. The molecular formula is C13H21ClN2OS. The minimum absolute atomic E-state index is 0.426.